The van der Waals surface area contributed by atoms with Crippen molar-refractivity contribution in [2.45, 2.75) is 44.2 Å². The molecule has 2 heterocycles. The lowest BCUT2D eigenvalue weighted by atomic mass is 9.79. The van der Waals surface area contributed by atoms with E-state index in [1.54, 1.807) is 72.7 Å². The smallest absolute Gasteiger partial charge is 0.299 e. The predicted molar refractivity (Wildman–Crippen MR) is 174 cm³/mol. The lowest BCUT2D eigenvalue weighted by molar-refractivity contribution is -0.148. The van der Waals surface area contributed by atoms with Gasteiger partial charge in [-0.25, -0.2) is 4.98 Å². The van der Waals surface area contributed by atoms with Crippen molar-refractivity contribution in [3.8, 4) is 17.0 Å². The number of methoxy groups -OCH3 is 1. The van der Waals surface area contributed by atoms with E-state index in [9.17, 15) is 19.2 Å². The number of benzene rings is 3. The molecule has 9 nitrogen and oxygen atoms in total. The number of anilines is 2. The standard InChI is InChI=1S/C34H31ClN4O5S/c1-44-25-15-13-24(14-16-25)36-33(43)34(17-5-2-6-18-34)39(19-29-37-27(21-45-29)22-9-11-23(35)12-10-22)30(40)20-38-28-8-4-3-7-26(28)31(41)32(38)42/h3-4,7-16,21H,2,5-6,17-20H2,1H3,(H,36,43). The Bertz CT molecular complexity index is 1750. The molecular formula is C34H31ClN4O5S. The molecule has 2 aliphatic rings. The van der Waals surface area contributed by atoms with E-state index < -0.39 is 23.1 Å². The van der Waals surface area contributed by atoms with E-state index in [1.807, 2.05) is 17.5 Å². The van der Waals surface area contributed by atoms with Crippen molar-refractivity contribution in [1.29, 1.82) is 0 Å². The van der Waals surface area contributed by atoms with E-state index in [2.05, 4.69) is 5.32 Å². The van der Waals surface area contributed by atoms with E-state index in [-0.39, 0.29) is 24.6 Å². The van der Waals surface area contributed by atoms with Gasteiger partial charge in [0.25, 0.3) is 11.7 Å². The number of para-hydroxylation sites is 1. The Hall–Kier alpha value is -4.54. The topological polar surface area (TPSA) is 109 Å². The molecule has 1 aromatic heterocycles. The lowest BCUT2D eigenvalue weighted by Gasteiger charge is -2.45. The molecule has 1 N–H and O–H groups in total. The quantitative estimate of drug-likeness (QED) is 0.213. The molecule has 1 saturated carbocycles. The molecule has 4 aromatic rings. The molecule has 1 aliphatic heterocycles. The fourth-order valence-corrected chi connectivity index (χ4v) is 6.97. The first-order valence-electron chi connectivity index (χ1n) is 14.7. The molecule has 45 heavy (non-hydrogen) atoms. The summed E-state index contributed by atoms with van der Waals surface area (Å²) < 4.78 is 5.26. The Kier molecular flexibility index (Phi) is 8.69. The van der Waals surface area contributed by atoms with Gasteiger partial charge in [-0.1, -0.05) is 55.1 Å². The van der Waals surface area contributed by atoms with E-state index in [0.29, 0.717) is 40.0 Å². The number of halogens is 1. The Morgan fingerprint density at radius 2 is 1.71 bits per heavy atom. The number of rotatable bonds is 9. The van der Waals surface area contributed by atoms with Crippen molar-refractivity contribution >= 4 is 57.8 Å². The van der Waals surface area contributed by atoms with E-state index in [4.69, 9.17) is 21.3 Å². The largest absolute Gasteiger partial charge is 0.497 e. The number of nitrogens with zero attached hydrogens (tertiary/aromatic N) is 3. The predicted octanol–water partition coefficient (Wildman–Crippen LogP) is 6.37. The van der Waals surface area contributed by atoms with Gasteiger partial charge in [-0.3, -0.25) is 24.1 Å². The minimum Gasteiger partial charge on any atom is -0.497 e. The maximum atomic E-state index is 14.4. The molecule has 0 spiro atoms. The van der Waals surface area contributed by atoms with Gasteiger partial charge in [-0.2, -0.15) is 0 Å². The second-order valence-electron chi connectivity index (χ2n) is 11.1. The average molecular weight is 643 g/mol. The number of ketones is 1. The molecule has 0 bridgehead atoms. The third kappa shape index (κ3) is 6.08. The van der Waals surface area contributed by atoms with Crippen molar-refractivity contribution in [1.82, 2.24) is 9.88 Å². The van der Waals surface area contributed by atoms with Crippen molar-refractivity contribution in [3.05, 3.63) is 93.8 Å². The molecule has 6 rings (SSSR count). The minimum atomic E-state index is -1.20. The first-order chi connectivity index (χ1) is 21.8. The maximum absolute atomic E-state index is 14.4. The third-order valence-corrected chi connectivity index (χ3v) is 9.51. The summed E-state index contributed by atoms with van der Waals surface area (Å²) in [5.74, 6) is -1.50. The summed E-state index contributed by atoms with van der Waals surface area (Å²) in [6, 6.07) is 21.0. The van der Waals surface area contributed by atoms with Crippen LogP contribution in [0.3, 0.4) is 0 Å². The highest BCUT2D eigenvalue weighted by Gasteiger charge is 2.48. The van der Waals surface area contributed by atoms with Crippen LogP contribution in [0.2, 0.25) is 5.02 Å². The van der Waals surface area contributed by atoms with Crippen molar-refractivity contribution in [2.24, 2.45) is 0 Å². The van der Waals surface area contributed by atoms with Gasteiger partial charge in [0.05, 0.1) is 30.6 Å². The summed E-state index contributed by atoms with van der Waals surface area (Å²) in [5, 5.41) is 6.20. The van der Waals surface area contributed by atoms with Gasteiger partial charge >= 0.3 is 0 Å². The van der Waals surface area contributed by atoms with Crippen molar-refractivity contribution in [3.63, 3.8) is 0 Å². The minimum absolute atomic E-state index is 0.0603. The van der Waals surface area contributed by atoms with Gasteiger partial charge in [-0.15, -0.1) is 11.3 Å². The van der Waals surface area contributed by atoms with Gasteiger partial charge in [-0.05, 0) is 61.4 Å². The van der Waals surface area contributed by atoms with E-state index in [1.165, 1.54) is 16.2 Å². The second-order valence-corrected chi connectivity index (χ2v) is 12.5. The molecule has 0 radical (unpaired) electrons. The molecule has 3 amide bonds. The van der Waals surface area contributed by atoms with Crippen LogP contribution in [0, 0.1) is 0 Å². The number of ether oxygens (including phenoxy) is 1. The van der Waals surface area contributed by atoms with Crippen molar-refractivity contribution in [2.75, 3.05) is 23.9 Å². The summed E-state index contributed by atoms with van der Waals surface area (Å²) in [6.45, 7) is -0.320. The highest BCUT2D eigenvalue weighted by Crippen LogP contribution is 2.38. The Labute approximate surface area is 269 Å². The number of nitrogens with one attached hydrogen (secondary N) is 1. The zero-order chi connectivity index (χ0) is 31.6. The Morgan fingerprint density at radius 1 is 1.00 bits per heavy atom. The fourth-order valence-electron chi connectivity index (χ4n) is 6.05. The van der Waals surface area contributed by atoms with Crippen LogP contribution in [0.15, 0.2) is 78.2 Å². The fraction of sp³-hybridized carbons (Fsp3) is 0.265. The van der Waals surface area contributed by atoms with Gasteiger partial charge in [0, 0.05) is 21.7 Å². The zero-order valence-electron chi connectivity index (χ0n) is 24.6. The number of fused-ring (bicyclic) bond motifs is 1. The number of amides is 3. The Morgan fingerprint density at radius 3 is 2.42 bits per heavy atom. The zero-order valence-corrected chi connectivity index (χ0v) is 26.2. The summed E-state index contributed by atoms with van der Waals surface area (Å²) in [7, 11) is 1.57. The number of Topliss-reactive ketones (excluding diaryl/α,β-unsaturated/α-hetero) is 1. The molecule has 230 valence electrons. The average Bonchev–Trinajstić information content (AvgIpc) is 3.63. The van der Waals surface area contributed by atoms with Gasteiger partial charge in [0.15, 0.2) is 0 Å². The van der Waals surface area contributed by atoms with Gasteiger partial charge < -0.3 is 15.0 Å². The van der Waals surface area contributed by atoms with Crippen LogP contribution < -0.4 is 15.0 Å². The molecule has 3 aromatic carbocycles. The monoisotopic (exact) mass is 642 g/mol. The SMILES string of the molecule is COc1ccc(NC(=O)C2(N(Cc3nc(-c4ccc(Cl)cc4)cs3)C(=O)CN3C(=O)C(=O)c4ccccc43)CCCCC2)cc1. The van der Waals surface area contributed by atoms with Crippen LogP contribution in [-0.2, 0) is 20.9 Å². The van der Waals surface area contributed by atoms with E-state index >= 15 is 0 Å². The normalized spacial score (nSPS) is 15.5. The molecule has 0 saturated heterocycles. The Balaban J connectivity index is 1.36. The number of aromatic nitrogens is 1. The van der Waals surface area contributed by atoms with Crippen LogP contribution in [0.4, 0.5) is 11.4 Å². The number of carbonyl (C=O) groups is 4. The summed E-state index contributed by atoms with van der Waals surface area (Å²) >= 11 is 7.47. The highest BCUT2D eigenvalue weighted by atomic mass is 35.5. The first kappa shape index (κ1) is 30.5. The van der Waals surface area contributed by atoms with Crippen molar-refractivity contribution < 1.29 is 23.9 Å². The first-order valence-corrected chi connectivity index (χ1v) is 16.0. The molecule has 0 unspecified atom stereocenters. The lowest BCUT2D eigenvalue weighted by Crippen LogP contribution is -2.61. The van der Waals surface area contributed by atoms with Crippen LogP contribution in [-0.4, -0.2) is 52.6 Å². The van der Waals surface area contributed by atoms with Crippen LogP contribution in [0.5, 0.6) is 5.75 Å². The molecule has 11 heteroatoms. The summed E-state index contributed by atoms with van der Waals surface area (Å²) in [5.41, 5.74) is 1.63. The number of carbonyl (C=O) groups excluding carboxylic acids is 4. The molecule has 1 fully saturated rings. The highest BCUT2D eigenvalue weighted by molar-refractivity contribution is 7.09. The maximum Gasteiger partial charge on any atom is 0.299 e. The number of hydrogen-bond donors (Lipinski definition) is 1. The second kappa shape index (κ2) is 12.8. The van der Waals surface area contributed by atoms with Crippen LogP contribution in [0.1, 0.15) is 47.5 Å². The number of hydrogen-bond acceptors (Lipinski definition) is 7. The molecule has 1 aliphatic carbocycles. The molecule has 0 atom stereocenters. The summed E-state index contributed by atoms with van der Waals surface area (Å²) in [4.78, 5) is 62.1. The summed E-state index contributed by atoms with van der Waals surface area (Å²) in [6.07, 6.45) is 3.32. The molecular weight excluding hydrogens is 612 g/mol. The van der Waals surface area contributed by atoms with Crippen LogP contribution >= 0.6 is 22.9 Å². The number of thiazole rings is 1. The van der Waals surface area contributed by atoms with Crippen LogP contribution in [0.25, 0.3) is 11.3 Å². The van der Waals surface area contributed by atoms with Gasteiger partial charge in [0.2, 0.25) is 11.8 Å². The van der Waals surface area contributed by atoms with E-state index in [0.717, 1.165) is 30.5 Å². The van der Waals surface area contributed by atoms with Gasteiger partial charge in [0.1, 0.15) is 22.8 Å². The third-order valence-electron chi connectivity index (χ3n) is 8.43.